The van der Waals surface area contributed by atoms with Crippen LogP contribution in [0.2, 0.25) is 0 Å². The zero-order valence-corrected chi connectivity index (χ0v) is 6.78. The van der Waals surface area contributed by atoms with Gasteiger partial charge in [-0.2, -0.15) is 5.10 Å². The number of nitrogens with zero attached hydrogens (tertiary/aromatic N) is 2. The molecule has 4 nitrogen and oxygen atoms in total. The van der Waals surface area contributed by atoms with Gasteiger partial charge in [-0.25, -0.2) is 13.5 Å². The minimum absolute atomic E-state index is 0.169. The first-order chi connectivity index (χ1) is 6.16. The average molecular weight is 189 g/mol. The number of alkyl halides is 2. The van der Waals surface area contributed by atoms with Crippen LogP contribution < -0.4 is 10.5 Å². The van der Waals surface area contributed by atoms with Crippen LogP contribution in [0.4, 0.5) is 8.78 Å². The van der Waals surface area contributed by atoms with E-state index in [0.29, 0.717) is 19.0 Å². The van der Waals surface area contributed by atoms with E-state index in [4.69, 9.17) is 10.5 Å². The number of rotatable bonds is 1. The SMILES string of the molecule is N[C@H]1COc2cc(C(F)F)nn2C1. The summed E-state index contributed by atoms with van der Waals surface area (Å²) in [6, 6.07) is 1.08. The van der Waals surface area contributed by atoms with Gasteiger partial charge in [0.1, 0.15) is 12.3 Å². The highest BCUT2D eigenvalue weighted by molar-refractivity contribution is 5.18. The molecule has 0 fully saturated rings. The van der Waals surface area contributed by atoms with E-state index in [2.05, 4.69) is 5.10 Å². The molecular weight excluding hydrogens is 180 g/mol. The maximum atomic E-state index is 12.2. The van der Waals surface area contributed by atoms with Gasteiger partial charge in [-0.05, 0) is 0 Å². The minimum atomic E-state index is -2.56. The predicted octanol–water partition coefficient (Wildman–Crippen LogP) is 0.540. The smallest absolute Gasteiger partial charge is 0.282 e. The molecule has 0 aliphatic carbocycles. The van der Waals surface area contributed by atoms with E-state index in [1.54, 1.807) is 0 Å². The summed E-state index contributed by atoms with van der Waals surface area (Å²) in [4.78, 5) is 0. The van der Waals surface area contributed by atoms with Gasteiger partial charge in [-0.15, -0.1) is 0 Å². The van der Waals surface area contributed by atoms with E-state index in [0.717, 1.165) is 0 Å². The quantitative estimate of drug-likeness (QED) is 0.701. The zero-order chi connectivity index (χ0) is 9.42. The molecule has 0 unspecified atom stereocenters. The molecule has 0 aromatic carbocycles. The van der Waals surface area contributed by atoms with Gasteiger partial charge in [-0.1, -0.05) is 0 Å². The van der Waals surface area contributed by atoms with Crippen LogP contribution in [0.5, 0.6) is 5.88 Å². The Morgan fingerprint density at radius 1 is 1.69 bits per heavy atom. The molecule has 0 saturated heterocycles. The van der Waals surface area contributed by atoms with E-state index >= 15 is 0 Å². The molecule has 13 heavy (non-hydrogen) atoms. The molecule has 2 rings (SSSR count). The first-order valence-electron chi connectivity index (χ1n) is 3.91. The first-order valence-corrected chi connectivity index (χ1v) is 3.91. The van der Waals surface area contributed by atoms with E-state index in [-0.39, 0.29) is 11.7 Å². The lowest BCUT2D eigenvalue weighted by atomic mass is 10.3. The van der Waals surface area contributed by atoms with E-state index in [1.165, 1.54) is 10.7 Å². The highest BCUT2D eigenvalue weighted by Gasteiger charge is 2.21. The van der Waals surface area contributed by atoms with Crippen molar-refractivity contribution in [2.45, 2.75) is 19.0 Å². The monoisotopic (exact) mass is 189 g/mol. The molecule has 2 N–H and O–H groups in total. The van der Waals surface area contributed by atoms with E-state index in [1.807, 2.05) is 0 Å². The first kappa shape index (κ1) is 8.43. The van der Waals surface area contributed by atoms with E-state index < -0.39 is 6.43 Å². The van der Waals surface area contributed by atoms with Crippen LogP contribution in [0.3, 0.4) is 0 Å². The van der Waals surface area contributed by atoms with Gasteiger partial charge in [0.15, 0.2) is 0 Å². The number of halogens is 2. The Morgan fingerprint density at radius 3 is 3.15 bits per heavy atom. The average Bonchev–Trinajstić information content (AvgIpc) is 2.46. The lowest BCUT2D eigenvalue weighted by Gasteiger charge is -2.20. The largest absolute Gasteiger partial charge is 0.476 e. The molecule has 1 aromatic rings. The van der Waals surface area contributed by atoms with Crippen molar-refractivity contribution >= 4 is 0 Å². The fourth-order valence-corrected chi connectivity index (χ4v) is 1.24. The Hall–Kier alpha value is -1.17. The van der Waals surface area contributed by atoms with Crippen molar-refractivity contribution in [1.29, 1.82) is 0 Å². The van der Waals surface area contributed by atoms with Crippen LogP contribution in [0.25, 0.3) is 0 Å². The summed E-state index contributed by atoms with van der Waals surface area (Å²) in [7, 11) is 0. The molecule has 1 atom stereocenters. The van der Waals surface area contributed by atoms with Crippen molar-refractivity contribution in [2.75, 3.05) is 6.61 Å². The summed E-state index contributed by atoms with van der Waals surface area (Å²) in [6.45, 7) is 0.788. The Morgan fingerprint density at radius 2 is 2.46 bits per heavy atom. The fraction of sp³-hybridized carbons (Fsp3) is 0.571. The Labute approximate surface area is 73.3 Å². The van der Waals surface area contributed by atoms with Gasteiger partial charge in [0.05, 0.1) is 12.6 Å². The second-order valence-corrected chi connectivity index (χ2v) is 2.96. The number of nitrogens with two attached hydrogens (primary N) is 1. The second kappa shape index (κ2) is 2.95. The predicted molar refractivity (Wildman–Crippen MR) is 40.7 cm³/mol. The highest BCUT2D eigenvalue weighted by atomic mass is 19.3. The maximum Gasteiger partial charge on any atom is 0.282 e. The summed E-state index contributed by atoms with van der Waals surface area (Å²) in [5.74, 6) is 0.372. The number of hydrogen-bond acceptors (Lipinski definition) is 3. The van der Waals surface area contributed by atoms with Crippen LogP contribution in [0.15, 0.2) is 6.07 Å². The van der Waals surface area contributed by atoms with Crippen LogP contribution in [-0.2, 0) is 6.54 Å². The normalized spacial score (nSPS) is 21.4. The minimum Gasteiger partial charge on any atom is -0.476 e. The van der Waals surface area contributed by atoms with Gasteiger partial charge in [-0.3, -0.25) is 0 Å². The molecule has 0 amide bonds. The third kappa shape index (κ3) is 1.49. The van der Waals surface area contributed by atoms with Gasteiger partial charge >= 0.3 is 0 Å². The molecule has 0 bridgehead atoms. The lowest BCUT2D eigenvalue weighted by molar-refractivity contribution is 0.144. The fourth-order valence-electron chi connectivity index (χ4n) is 1.24. The highest BCUT2D eigenvalue weighted by Crippen LogP contribution is 2.24. The van der Waals surface area contributed by atoms with Crippen LogP contribution in [-0.4, -0.2) is 22.4 Å². The van der Waals surface area contributed by atoms with Crippen molar-refractivity contribution in [3.05, 3.63) is 11.8 Å². The molecule has 72 valence electrons. The standard InChI is InChI=1S/C7H9F2N3O/c8-7(9)5-1-6-12(11-5)2-4(10)3-13-6/h1,4,7H,2-3,10H2/t4-/m1/s1. The molecule has 0 radical (unpaired) electrons. The van der Waals surface area contributed by atoms with Crippen molar-refractivity contribution in [3.63, 3.8) is 0 Å². The molecule has 0 saturated carbocycles. The van der Waals surface area contributed by atoms with Crippen molar-refractivity contribution in [2.24, 2.45) is 5.73 Å². The molecular formula is C7H9F2N3O. The molecule has 0 spiro atoms. The number of fused-ring (bicyclic) bond motifs is 1. The lowest BCUT2D eigenvalue weighted by Crippen LogP contribution is -2.37. The molecule has 1 aromatic heterocycles. The number of hydrogen-bond donors (Lipinski definition) is 1. The van der Waals surface area contributed by atoms with Crippen molar-refractivity contribution in [3.8, 4) is 5.88 Å². The summed E-state index contributed by atoms with van der Waals surface area (Å²) in [5.41, 5.74) is 5.30. The summed E-state index contributed by atoms with van der Waals surface area (Å²) >= 11 is 0. The molecule has 1 aliphatic rings. The molecule has 2 heterocycles. The summed E-state index contributed by atoms with van der Waals surface area (Å²) in [6.07, 6.45) is -2.56. The van der Waals surface area contributed by atoms with Crippen molar-refractivity contribution in [1.82, 2.24) is 9.78 Å². The topological polar surface area (TPSA) is 53.1 Å². The Balaban J connectivity index is 2.28. The summed E-state index contributed by atoms with van der Waals surface area (Å²) in [5, 5.41) is 3.66. The Bertz CT molecular complexity index is 313. The van der Waals surface area contributed by atoms with Crippen molar-refractivity contribution < 1.29 is 13.5 Å². The van der Waals surface area contributed by atoms with Crippen LogP contribution in [0.1, 0.15) is 12.1 Å². The van der Waals surface area contributed by atoms with E-state index in [9.17, 15) is 8.78 Å². The van der Waals surface area contributed by atoms with Crippen LogP contribution in [0, 0.1) is 0 Å². The van der Waals surface area contributed by atoms with Gasteiger partial charge in [0.2, 0.25) is 5.88 Å². The van der Waals surface area contributed by atoms with Gasteiger partial charge < -0.3 is 10.5 Å². The third-order valence-corrected chi connectivity index (χ3v) is 1.84. The van der Waals surface area contributed by atoms with Gasteiger partial charge in [0, 0.05) is 6.07 Å². The number of ether oxygens (including phenoxy) is 1. The number of aromatic nitrogens is 2. The molecule has 6 heteroatoms. The van der Waals surface area contributed by atoms with Gasteiger partial charge in [0.25, 0.3) is 6.43 Å². The summed E-state index contributed by atoms with van der Waals surface area (Å²) < 4.78 is 30.9. The third-order valence-electron chi connectivity index (χ3n) is 1.84. The van der Waals surface area contributed by atoms with Crippen LogP contribution >= 0.6 is 0 Å². The maximum absolute atomic E-state index is 12.2. The Kier molecular flexibility index (Phi) is 1.91. The molecule has 1 aliphatic heterocycles. The second-order valence-electron chi connectivity index (χ2n) is 2.96. The zero-order valence-electron chi connectivity index (χ0n) is 6.78.